The summed E-state index contributed by atoms with van der Waals surface area (Å²) in [5, 5.41) is 1.46. The summed E-state index contributed by atoms with van der Waals surface area (Å²) in [4.78, 5) is 12.8. The van der Waals surface area contributed by atoms with Crippen LogP contribution in [-0.2, 0) is 10.0 Å². The number of rotatable bonds is 3. The topological polar surface area (TPSA) is 76.4 Å². The Hall–Kier alpha value is -2.54. The number of halogens is 2. The third-order valence-electron chi connectivity index (χ3n) is 4.03. The lowest BCUT2D eigenvalue weighted by Crippen LogP contribution is -2.14. The Morgan fingerprint density at radius 3 is 2.30 bits per heavy atom. The molecule has 4 aromatic rings. The van der Waals surface area contributed by atoms with E-state index in [4.69, 9.17) is 27.6 Å². The number of hydrogen-bond acceptors (Lipinski definition) is 4. The van der Waals surface area contributed by atoms with Gasteiger partial charge in [0.1, 0.15) is 5.58 Å². The van der Waals surface area contributed by atoms with Gasteiger partial charge in [-0.15, -0.1) is 0 Å². The van der Waals surface area contributed by atoms with Crippen LogP contribution in [0.3, 0.4) is 0 Å². The molecule has 3 aromatic carbocycles. The molecule has 0 aliphatic carbocycles. The van der Waals surface area contributed by atoms with Crippen molar-refractivity contribution in [2.24, 2.45) is 0 Å². The van der Waals surface area contributed by atoms with Gasteiger partial charge in [0.05, 0.1) is 21.4 Å². The molecule has 5 nitrogen and oxygen atoms in total. The van der Waals surface area contributed by atoms with Gasteiger partial charge in [0.25, 0.3) is 10.0 Å². The highest BCUT2D eigenvalue weighted by Gasteiger charge is 2.18. The molecule has 27 heavy (non-hydrogen) atoms. The van der Waals surface area contributed by atoms with E-state index in [1.54, 1.807) is 24.3 Å². The second-order valence-corrected chi connectivity index (χ2v) is 8.37. The lowest BCUT2D eigenvalue weighted by molar-refractivity contribution is 0.601. The van der Waals surface area contributed by atoms with Crippen LogP contribution in [0.5, 0.6) is 0 Å². The standard InChI is InChI=1S/C19H11Cl2NO4S/c20-11-4-7-13(8-5-11)27(24,25)22-16-3-1-2-15-18(23)14-9-6-12(21)10-17(14)26-19(15)16/h1-10,22H. The van der Waals surface area contributed by atoms with E-state index < -0.39 is 10.0 Å². The van der Waals surface area contributed by atoms with E-state index in [-0.39, 0.29) is 32.6 Å². The monoisotopic (exact) mass is 419 g/mol. The van der Waals surface area contributed by atoms with Gasteiger partial charge in [0.15, 0.2) is 5.58 Å². The maximum absolute atomic E-state index is 12.7. The Bertz CT molecular complexity index is 1350. The zero-order valence-corrected chi connectivity index (χ0v) is 15.9. The highest BCUT2D eigenvalue weighted by Crippen LogP contribution is 2.28. The van der Waals surface area contributed by atoms with Gasteiger partial charge in [0, 0.05) is 16.1 Å². The molecular weight excluding hydrogens is 409 g/mol. The number of sulfonamides is 1. The fourth-order valence-electron chi connectivity index (χ4n) is 2.75. The Kier molecular flexibility index (Phi) is 4.34. The third-order valence-corrected chi connectivity index (χ3v) is 5.90. The Morgan fingerprint density at radius 1 is 0.852 bits per heavy atom. The molecule has 1 N–H and O–H groups in total. The van der Waals surface area contributed by atoms with Gasteiger partial charge in [-0.2, -0.15) is 0 Å². The molecule has 1 aromatic heterocycles. The summed E-state index contributed by atoms with van der Waals surface area (Å²) >= 11 is 11.8. The Balaban J connectivity index is 1.90. The molecule has 136 valence electrons. The fourth-order valence-corrected chi connectivity index (χ4v) is 4.10. The molecule has 8 heteroatoms. The van der Waals surface area contributed by atoms with E-state index in [2.05, 4.69) is 4.72 Å². The van der Waals surface area contributed by atoms with Crippen molar-refractivity contribution in [2.75, 3.05) is 4.72 Å². The molecule has 0 unspecified atom stereocenters. The molecule has 0 amide bonds. The number of nitrogens with one attached hydrogen (secondary N) is 1. The quantitative estimate of drug-likeness (QED) is 0.471. The molecule has 1 heterocycles. The van der Waals surface area contributed by atoms with Gasteiger partial charge in [-0.1, -0.05) is 29.3 Å². The average Bonchev–Trinajstić information content (AvgIpc) is 2.62. The first-order valence-corrected chi connectivity index (χ1v) is 10.0. The van der Waals surface area contributed by atoms with Crippen LogP contribution in [0.4, 0.5) is 5.69 Å². The first-order valence-electron chi connectivity index (χ1n) is 7.79. The number of benzene rings is 3. The minimum Gasteiger partial charge on any atom is -0.454 e. The van der Waals surface area contributed by atoms with Crippen LogP contribution in [0, 0.1) is 0 Å². The molecule has 0 fully saturated rings. The largest absolute Gasteiger partial charge is 0.454 e. The van der Waals surface area contributed by atoms with E-state index in [1.165, 1.54) is 36.4 Å². The molecule has 0 atom stereocenters. The molecule has 0 radical (unpaired) electrons. The lowest BCUT2D eigenvalue weighted by Gasteiger charge is -2.11. The van der Waals surface area contributed by atoms with Gasteiger partial charge in [-0.05, 0) is 48.5 Å². The van der Waals surface area contributed by atoms with Crippen LogP contribution in [0.2, 0.25) is 10.0 Å². The first-order chi connectivity index (χ1) is 12.8. The third kappa shape index (κ3) is 3.27. The summed E-state index contributed by atoms with van der Waals surface area (Å²) < 4.78 is 33.6. The molecule has 0 saturated heterocycles. The molecular formula is C19H11Cl2NO4S. The van der Waals surface area contributed by atoms with Crippen LogP contribution in [-0.4, -0.2) is 8.42 Å². The van der Waals surface area contributed by atoms with Crippen molar-refractivity contribution in [3.05, 3.63) is 80.9 Å². The fraction of sp³-hybridized carbons (Fsp3) is 0. The highest BCUT2D eigenvalue weighted by molar-refractivity contribution is 7.92. The van der Waals surface area contributed by atoms with Crippen molar-refractivity contribution in [1.29, 1.82) is 0 Å². The smallest absolute Gasteiger partial charge is 0.262 e. The predicted octanol–water partition coefficient (Wildman–Crippen LogP) is 5.05. The van der Waals surface area contributed by atoms with Gasteiger partial charge in [0.2, 0.25) is 5.43 Å². The summed E-state index contributed by atoms with van der Waals surface area (Å²) in [7, 11) is -3.89. The van der Waals surface area contributed by atoms with E-state index in [0.717, 1.165) is 0 Å². The SMILES string of the molecule is O=c1c2ccc(Cl)cc2oc2c(NS(=O)(=O)c3ccc(Cl)cc3)cccc12. The minimum absolute atomic E-state index is 0.0371. The molecule has 0 spiro atoms. The van der Waals surface area contributed by atoms with Gasteiger partial charge in [-0.25, -0.2) is 8.42 Å². The first kappa shape index (κ1) is 17.9. The Labute approximate surface area is 164 Å². The van der Waals surface area contributed by atoms with Crippen molar-refractivity contribution in [3.63, 3.8) is 0 Å². The number of anilines is 1. The highest BCUT2D eigenvalue weighted by atomic mass is 35.5. The van der Waals surface area contributed by atoms with Crippen LogP contribution in [0.25, 0.3) is 21.9 Å². The predicted molar refractivity (Wildman–Crippen MR) is 107 cm³/mol. The van der Waals surface area contributed by atoms with Gasteiger partial charge >= 0.3 is 0 Å². The normalized spacial score (nSPS) is 11.8. The maximum atomic E-state index is 12.7. The van der Waals surface area contributed by atoms with Crippen molar-refractivity contribution in [3.8, 4) is 0 Å². The Morgan fingerprint density at radius 2 is 1.56 bits per heavy atom. The van der Waals surface area contributed by atoms with E-state index in [9.17, 15) is 13.2 Å². The summed E-state index contributed by atoms with van der Waals surface area (Å²) in [6.07, 6.45) is 0. The van der Waals surface area contributed by atoms with Crippen LogP contribution in [0.1, 0.15) is 0 Å². The number of para-hydroxylation sites is 1. The van der Waals surface area contributed by atoms with Crippen molar-refractivity contribution >= 4 is 60.9 Å². The van der Waals surface area contributed by atoms with E-state index in [1.807, 2.05) is 0 Å². The molecule has 0 aliphatic rings. The van der Waals surface area contributed by atoms with Gasteiger partial charge < -0.3 is 4.42 Å². The summed E-state index contributed by atoms with van der Waals surface area (Å²) in [5.41, 5.74) is 0.296. The molecule has 0 bridgehead atoms. The lowest BCUT2D eigenvalue weighted by atomic mass is 10.1. The number of hydrogen-bond donors (Lipinski definition) is 1. The minimum atomic E-state index is -3.89. The van der Waals surface area contributed by atoms with Crippen LogP contribution in [0.15, 0.2) is 74.8 Å². The average molecular weight is 420 g/mol. The van der Waals surface area contributed by atoms with E-state index in [0.29, 0.717) is 15.4 Å². The molecule has 4 rings (SSSR count). The van der Waals surface area contributed by atoms with Crippen LogP contribution >= 0.6 is 23.2 Å². The van der Waals surface area contributed by atoms with Crippen molar-refractivity contribution < 1.29 is 12.8 Å². The second kappa shape index (κ2) is 6.56. The molecule has 0 aliphatic heterocycles. The zero-order chi connectivity index (χ0) is 19.2. The van der Waals surface area contributed by atoms with Gasteiger partial charge in [-0.3, -0.25) is 9.52 Å². The zero-order valence-electron chi connectivity index (χ0n) is 13.6. The second-order valence-electron chi connectivity index (χ2n) is 5.81. The molecule has 0 saturated carbocycles. The summed E-state index contributed by atoms with van der Waals surface area (Å²) in [6, 6.07) is 15.1. The van der Waals surface area contributed by atoms with Crippen LogP contribution < -0.4 is 10.2 Å². The number of fused-ring (bicyclic) bond motifs is 2. The van der Waals surface area contributed by atoms with E-state index >= 15 is 0 Å². The summed E-state index contributed by atoms with van der Waals surface area (Å²) in [6.45, 7) is 0. The maximum Gasteiger partial charge on any atom is 0.262 e. The van der Waals surface area contributed by atoms with Crippen molar-refractivity contribution in [2.45, 2.75) is 4.90 Å². The van der Waals surface area contributed by atoms with Crippen molar-refractivity contribution in [1.82, 2.24) is 0 Å². The summed E-state index contributed by atoms with van der Waals surface area (Å²) in [5.74, 6) is 0.